The van der Waals surface area contributed by atoms with Crippen molar-refractivity contribution >= 4 is 23.4 Å². The first-order valence-electron chi connectivity index (χ1n) is 6.41. The number of carbonyl (C=O) groups is 1. The molecule has 2 unspecified atom stereocenters. The van der Waals surface area contributed by atoms with E-state index in [0.29, 0.717) is 16.9 Å². The summed E-state index contributed by atoms with van der Waals surface area (Å²) < 4.78 is 0. The topological polar surface area (TPSA) is 41.1 Å². The van der Waals surface area contributed by atoms with Crippen molar-refractivity contribution in [3.05, 3.63) is 29.8 Å². The van der Waals surface area contributed by atoms with Gasteiger partial charge in [-0.2, -0.15) is 11.8 Å². The Morgan fingerprint density at radius 3 is 3.00 bits per heavy atom. The highest BCUT2D eigenvalue weighted by Gasteiger charge is 2.21. The SMILES string of the molecule is CNC(=O)c1cccc(NC2CCCSC2C)c1. The van der Waals surface area contributed by atoms with Crippen molar-refractivity contribution in [2.45, 2.75) is 31.1 Å². The molecule has 4 heteroatoms. The maximum absolute atomic E-state index is 11.6. The number of carbonyl (C=O) groups excluding carboxylic acids is 1. The Morgan fingerprint density at radius 1 is 1.44 bits per heavy atom. The number of benzene rings is 1. The maximum atomic E-state index is 11.6. The quantitative estimate of drug-likeness (QED) is 0.882. The summed E-state index contributed by atoms with van der Waals surface area (Å²) in [5.41, 5.74) is 1.74. The van der Waals surface area contributed by atoms with Gasteiger partial charge in [-0.05, 0) is 36.8 Å². The molecule has 2 N–H and O–H groups in total. The van der Waals surface area contributed by atoms with Gasteiger partial charge in [0, 0.05) is 29.6 Å². The number of hydrogen-bond acceptors (Lipinski definition) is 3. The van der Waals surface area contributed by atoms with Crippen LogP contribution in [-0.2, 0) is 0 Å². The van der Waals surface area contributed by atoms with Crippen LogP contribution >= 0.6 is 11.8 Å². The lowest BCUT2D eigenvalue weighted by Gasteiger charge is -2.30. The molecule has 1 heterocycles. The van der Waals surface area contributed by atoms with E-state index in [0.717, 1.165) is 5.69 Å². The molecule has 0 radical (unpaired) electrons. The van der Waals surface area contributed by atoms with E-state index in [1.807, 2.05) is 36.0 Å². The maximum Gasteiger partial charge on any atom is 0.251 e. The van der Waals surface area contributed by atoms with Gasteiger partial charge in [-0.15, -0.1) is 0 Å². The summed E-state index contributed by atoms with van der Waals surface area (Å²) in [6.07, 6.45) is 2.47. The Bertz CT molecular complexity index is 422. The van der Waals surface area contributed by atoms with Crippen LogP contribution in [0.25, 0.3) is 0 Å². The molecule has 1 amide bonds. The average molecular weight is 264 g/mol. The van der Waals surface area contributed by atoms with Gasteiger partial charge < -0.3 is 10.6 Å². The highest BCUT2D eigenvalue weighted by molar-refractivity contribution is 8.00. The lowest BCUT2D eigenvalue weighted by atomic mass is 10.1. The summed E-state index contributed by atoms with van der Waals surface area (Å²) in [6, 6.07) is 8.21. The van der Waals surface area contributed by atoms with Gasteiger partial charge in [-0.25, -0.2) is 0 Å². The smallest absolute Gasteiger partial charge is 0.251 e. The third-order valence-corrected chi connectivity index (χ3v) is 4.69. The van der Waals surface area contributed by atoms with Crippen molar-refractivity contribution < 1.29 is 4.79 Å². The highest BCUT2D eigenvalue weighted by atomic mass is 32.2. The van der Waals surface area contributed by atoms with Gasteiger partial charge >= 0.3 is 0 Å². The van der Waals surface area contributed by atoms with Crippen LogP contribution in [0.15, 0.2) is 24.3 Å². The molecule has 1 aromatic rings. The molecule has 3 nitrogen and oxygen atoms in total. The van der Waals surface area contributed by atoms with Gasteiger partial charge in [-0.1, -0.05) is 13.0 Å². The third-order valence-electron chi connectivity index (χ3n) is 3.31. The molecule has 0 aliphatic carbocycles. The van der Waals surface area contributed by atoms with E-state index in [-0.39, 0.29) is 5.91 Å². The molecule has 1 aromatic carbocycles. The summed E-state index contributed by atoms with van der Waals surface area (Å²) >= 11 is 2.02. The first-order valence-corrected chi connectivity index (χ1v) is 7.46. The van der Waals surface area contributed by atoms with Crippen LogP contribution in [0, 0.1) is 0 Å². The van der Waals surface area contributed by atoms with Crippen molar-refractivity contribution in [1.82, 2.24) is 5.32 Å². The number of hydrogen-bond donors (Lipinski definition) is 2. The molecule has 1 aliphatic rings. The van der Waals surface area contributed by atoms with Gasteiger partial charge in [0.25, 0.3) is 5.91 Å². The van der Waals surface area contributed by atoms with Crippen LogP contribution in [-0.4, -0.2) is 30.0 Å². The first kappa shape index (κ1) is 13.3. The molecule has 1 saturated heterocycles. The van der Waals surface area contributed by atoms with E-state index in [1.165, 1.54) is 18.6 Å². The van der Waals surface area contributed by atoms with E-state index in [4.69, 9.17) is 0 Å². The van der Waals surface area contributed by atoms with Crippen LogP contribution in [0.1, 0.15) is 30.1 Å². The molecule has 98 valence electrons. The zero-order valence-corrected chi connectivity index (χ0v) is 11.7. The molecule has 0 aromatic heterocycles. The van der Waals surface area contributed by atoms with Gasteiger partial charge in [0.2, 0.25) is 0 Å². The summed E-state index contributed by atoms with van der Waals surface area (Å²) in [4.78, 5) is 11.6. The number of amides is 1. The van der Waals surface area contributed by atoms with E-state index in [2.05, 4.69) is 17.6 Å². The minimum Gasteiger partial charge on any atom is -0.381 e. The molecule has 2 atom stereocenters. The van der Waals surface area contributed by atoms with Gasteiger partial charge in [0.05, 0.1) is 0 Å². The standard InChI is InChI=1S/C14H20N2OS/c1-10-13(7-4-8-18-10)16-12-6-3-5-11(9-12)14(17)15-2/h3,5-6,9-10,13,16H,4,7-8H2,1-2H3,(H,15,17). The Hall–Kier alpha value is -1.16. The summed E-state index contributed by atoms with van der Waals surface area (Å²) in [5.74, 6) is 1.22. The summed E-state index contributed by atoms with van der Waals surface area (Å²) in [7, 11) is 1.66. The predicted molar refractivity (Wildman–Crippen MR) is 78.4 cm³/mol. The second kappa shape index (κ2) is 6.14. The molecule has 0 spiro atoms. The van der Waals surface area contributed by atoms with Crippen molar-refractivity contribution in [3.8, 4) is 0 Å². The predicted octanol–water partition coefficient (Wildman–Crippen LogP) is 2.74. The number of thioether (sulfide) groups is 1. The number of anilines is 1. The lowest BCUT2D eigenvalue weighted by Crippen LogP contribution is -2.32. The zero-order chi connectivity index (χ0) is 13.0. The van der Waals surface area contributed by atoms with Crippen LogP contribution in [0.5, 0.6) is 0 Å². The van der Waals surface area contributed by atoms with E-state index in [1.54, 1.807) is 7.05 Å². The lowest BCUT2D eigenvalue weighted by molar-refractivity contribution is 0.0963. The second-order valence-corrected chi connectivity index (χ2v) is 6.11. The minimum absolute atomic E-state index is 0.0373. The van der Waals surface area contributed by atoms with Crippen LogP contribution in [0.3, 0.4) is 0 Å². The van der Waals surface area contributed by atoms with Gasteiger partial charge in [0.1, 0.15) is 0 Å². The fourth-order valence-electron chi connectivity index (χ4n) is 2.22. The first-order chi connectivity index (χ1) is 8.70. The molecule has 0 bridgehead atoms. The summed E-state index contributed by atoms with van der Waals surface area (Å²) in [5, 5.41) is 6.83. The normalized spacial score (nSPS) is 23.4. The third kappa shape index (κ3) is 3.19. The van der Waals surface area contributed by atoms with Crippen molar-refractivity contribution in [2.24, 2.45) is 0 Å². The van der Waals surface area contributed by atoms with Crippen molar-refractivity contribution in [2.75, 3.05) is 18.1 Å². The number of nitrogens with one attached hydrogen (secondary N) is 2. The average Bonchev–Trinajstić information content (AvgIpc) is 2.41. The molecule has 0 saturated carbocycles. The van der Waals surface area contributed by atoms with Crippen molar-refractivity contribution in [1.29, 1.82) is 0 Å². The number of rotatable bonds is 3. The molecular weight excluding hydrogens is 244 g/mol. The van der Waals surface area contributed by atoms with Gasteiger partial charge in [0.15, 0.2) is 0 Å². The molecule has 2 rings (SSSR count). The van der Waals surface area contributed by atoms with Crippen LogP contribution in [0.2, 0.25) is 0 Å². The van der Waals surface area contributed by atoms with E-state index >= 15 is 0 Å². The zero-order valence-electron chi connectivity index (χ0n) is 10.9. The fourth-order valence-corrected chi connectivity index (χ4v) is 3.36. The molecule has 1 aliphatic heterocycles. The van der Waals surface area contributed by atoms with E-state index < -0.39 is 0 Å². The monoisotopic (exact) mass is 264 g/mol. The Balaban J connectivity index is 2.06. The Kier molecular flexibility index (Phi) is 4.53. The minimum atomic E-state index is -0.0373. The van der Waals surface area contributed by atoms with E-state index in [9.17, 15) is 4.79 Å². The summed E-state index contributed by atoms with van der Waals surface area (Å²) in [6.45, 7) is 2.27. The molecule has 18 heavy (non-hydrogen) atoms. The molecular formula is C14H20N2OS. The highest BCUT2D eigenvalue weighted by Crippen LogP contribution is 2.27. The Morgan fingerprint density at radius 2 is 2.28 bits per heavy atom. The Labute approximate surface area is 113 Å². The van der Waals surface area contributed by atoms with Gasteiger partial charge in [-0.3, -0.25) is 4.79 Å². The molecule has 1 fully saturated rings. The van der Waals surface area contributed by atoms with Crippen LogP contribution < -0.4 is 10.6 Å². The largest absolute Gasteiger partial charge is 0.381 e. The fraction of sp³-hybridized carbons (Fsp3) is 0.500. The van der Waals surface area contributed by atoms with Crippen LogP contribution in [0.4, 0.5) is 5.69 Å². The second-order valence-electron chi connectivity index (χ2n) is 4.63. The van der Waals surface area contributed by atoms with Crippen molar-refractivity contribution in [3.63, 3.8) is 0 Å².